The molecule has 0 bridgehead atoms. The molecule has 0 amide bonds. The van der Waals surface area contributed by atoms with Gasteiger partial charge in [0, 0.05) is 0 Å². The maximum Gasteiger partial charge on any atom is 0.193 e. The van der Waals surface area contributed by atoms with Gasteiger partial charge in [0.05, 0.1) is 17.6 Å². The Bertz CT molecular complexity index is 707. The number of aromatic nitrogens is 3. The van der Waals surface area contributed by atoms with Crippen LogP contribution < -0.4 is 5.32 Å². The molecule has 0 aliphatic heterocycles. The number of nitrogens with zero attached hydrogens (tertiary/aromatic N) is 3. The first kappa shape index (κ1) is 13.9. The number of nitrogens with one attached hydrogen (secondary N) is 1. The van der Waals surface area contributed by atoms with E-state index in [0.717, 1.165) is 23.7 Å². The molecule has 3 aromatic rings. The van der Waals surface area contributed by atoms with Gasteiger partial charge in [-0.3, -0.25) is 0 Å². The van der Waals surface area contributed by atoms with Gasteiger partial charge >= 0.3 is 0 Å². The number of halogens is 1. The number of hydrogen-bond donors (Lipinski definition) is 1. The maximum absolute atomic E-state index is 5.89. The van der Waals surface area contributed by atoms with E-state index in [-0.39, 0.29) is 6.04 Å². The molecule has 1 N–H and O–H groups in total. The average molecular weight is 303 g/mol. The van der Waals surface area contributed by atoms with E-state index in [1.807, 2.05) is 43.3 Å². The number of rotatable bonds is 5. The van der Waals surface area contributed by atoms with Gasteiger partial charge in [-0.1, -0.05) is 30.3 Å². The van der Waals surface area contributed by atoms with Crippen molar-refractivity contribution in [2.75, 3.05) is 6.54 Å². The lowest BCUT2D eigenvalue weighted by Gasteiger charge is -2.16. The molecule has 3 rings (SSSR count). The normalized spacial score (nSPS) is 12.5. The summed E-state index contributed by atoms with van der Waals surface area (Å²) >= 11 is 5.89. The Morgan fingerprint density at radius 2 is 2.05 bits per heavy atom. The van der Waals surface area contributed by atoms with Crippen LogP contribution in [0.3, 0.4) is 0 Å². The molecule has 0 aliphatic carbocycles. The van der Waals surface area contributed by atoms with Crippen LogP contribution in [0.15, 0.2) is 53.1 Å². The van der Waals surface area contributed by atoms with Crippen LogP contribution >= 0.6 is 11.6 Å². The minimum Gasteiger partial charge on any atom is -0.448 e. The Balaban J connectivity index is 2.03. The van der Waals surface area contributed by atoms with Crippen molar-refractivity contribution in [2.45, 2.75) is 13.0 Å². The van der Waals surface area contributed by atoms with Crippen molar-refractivity contribution in [1.29, 1.82) is 0 Å². The summed E-state index contributed by atoms with van der Waals surface area (Å²) in [6.45, 7) is 2.82. The van der Waals surface area contributed by atoms with Gasteiger partial charge < -0.3 is 9.73 Å². The van der Waals surface area contributed by atoms with Crippen molar-refractivity contribution in [3.8, 4) is 5.69 Å². The largest absolute Gasteiger partial charge is 0.448 e. The maximum atomic E-state index is 5.89. The van der Waals surface area contributed by atoms with E-state index >= 15 is 0 Å². The number of para-hydroxylation sites is 1. The minimum absolute atomic E-state index is 0.155. The quantitative estimate of drug-likeness (QED) is 0.786. The molecule has 2 aromatic heterocycles. The van der Waals surface area contributed by atoms with E-state index in [1.165, 1.54) is 0 Å². The van der Waals surface area contributed by atoms with Gasteiger partial charge in [0.1, 0.15) is 11.8 Å². The van der Waals surface area contributed by atoms with Gasteiger partial charge in [-0.2, -0.15) is 0 Å². The Labute approximate surface area is 127 Å². The van der Waals surface area contributed by atoms with Crippen LogP contribution in [0.2, 0.25) is 5.22 Å². The van der Waals surface area contributed by atoms with Crippen molar-refractivity contribution in [3.05, 3.63) is 65.3 Å². The van der Waals surface area contributed by atoms with Gasteiger partial charge in [0.25, 0.3) is 0 Å². The molecule has 0 saturated heterocycles. The molecule has 0 radical (unpaired) electrons. The molecular weight excluding hydrogens is 288 g/mol. The van der Waals surface area contributed by atoms with E-state index < -0.39 is 0 Å². The third-order valence-electron chi connectivity index (χ3n) is 3.16. The van der Waals surface area contributed by atoms with Gasteiger partial charge in [0.2, 0.25) is 0 Å². The average Bonchev–Trinajstić information content (AvgIpc) is 3.15. The minimum atomic E-state index is -0.155. The van der Waals surface area contributed by atoms with Crippen molar-refractivity contribution in [2.24, 2.45) is 0 Å². The van der Waals surface area contributed by atoms with E-state index in [0.29, 0.717) is 5.22 Å². The fraction of sp³-hybridized carbons (Fsp3) is 0.200. The highest BCUT2D eigenvalue weighted by Crippen LogP contribution is 2.26. The summed E-state index contributed by atoms with van der Waals surface area (Å²) in [5.41, 5.74) is 1.85. The zero-order valence-electron chi connectivity index (χ0n) is 11.5. The SMILES string of the molecule is CCNC(c1ccc(Cl)o1)c1cnnn1-c1ccccc1. The molecule has 6 heteroatoms. The van der Waals surface area contributed by atoms with Gasteiger partial charge in [-0.25, -0.2) is 4.68 Å². The van der Waals surface area contributed by atoms with E-state index in [4.69, 9.17) is 16.0 Å². The Kier molecular flexibility index (Phi) is 4.03. The monoisotopic (exact) mass is 302 g/mol. The van der Waals surface area contributed by atoms with Gasteiger partial charge in [-0.05, 0) is 42.4 Å². The molecule has 5 nitrogen and oxygen atoms in total. The predicted molar refractivity (Wildman–Crippen MR) is 80.6 cm³/mol. The summed E-state index contributed by atoms with van der Waals surface area (Å²) < 4.78 is 7.34. The third kappa shape index (κ3) is 2.84. The van der Waals surface area contributed by atoms with Crippen LogP contribution in [-0.2, 0) is 0 Å². The van der Waals surface area contributed by atoms with Crippen molar-refractivity contribution < 1.29 is 4.42 Å². The molecule has 1 aromatic carbocycles. The fourth-order valence-electron chi connectivity index (χ4n) is 2.25. The van der Waals surface area contributed by atoms with E-state index in [2.05, 4.69) is 15.6 Å². The smallest absolute Gasteiger partial charge is 0.193 e. The molecule has 0 saturated carbocycles. The van der Waals surface area contributed by atoms with Crippen LogP contribution in [0.1, 0.15) is 24.4 Å². The first-order valence-corrected chi connectivity index (χ1v) is 7.12. The first-order chi connectivity index (χ1) is 10.3. The number of furan rings is 1. The Hall–Kier alpha value is -2.11. The number of benzene rings is 1. The van der Waals surface area contributed by atoms with Crippen LogP contribution in [0.25, 0.3) is 5.69 Å². The summed E-state index contributed by atoms with van der Waals surface area (Å²) in [7, 11) is 0. The molecule has 2 heterocycles. The highest BCUT2D eigenvalue weighted by atomic mass is 35.5. The molecule has 0 aliphatic rings. The molecular formula is C15H15ClN4O. The molecule has 1 unspecified atom stereocenters. The van der Waals surface area contributed by atoms with Crippen molar-refractivity contribution >= 4 is 11.6 Å². The Morgan fingerprint density at radius 1 is 1.24 bits per heavy atom. The van der Waals surface area contributed by atoms with Gasteiger partial charge in [0.15, 0.2) is 5.22 Å². The first-order valence-electron chi connectivity index (χ1n) is 6.74. The standard InChI is InChI=1S/C15H15ClN4O/c1-2-17-15(13-8-9-14(16)21-13)12-10-18-19-20(12)11-6-4-3-5-7-11/h3-10,15,17H,2H2,1H3. The molecule has 21 heavy (non-hydrogen) atoms. The van der Waals surface area contributed by atoms with Crippen molar-refractivity contribution in [1.82, 2.24) is 20.3 Å². The predicted octanol–water partition coefficient (Wildman–Crippen LogP) is 3.21. The van der Waals surface area contributed by atoms with Gasteiger partial charge in [-0.15, -0.1) is 5.10 Å². The van der Waals surface area contributed by atoms with Crippen molar-refractivity contribution in [3.63, 3.8) is 0 Å². The summed E-state index contributed by atoms with van der Waals surface area (Å²) in [6, 6.07) is 13.3. The van der Waals surface area contributed by atoms with E-state index in [1.54, 1.807) is 16.9 Å². The molecule has 108 valence electrons. The highest BCUT2D eigenvalue weighted by molar-refractivity contribution is 6.28. The summed E-state index contributed by atoms with van der Waals surface area (Å²) in [6.07, 6.45) is 1.73. The summed E-state index contributed by atoms with van der Waals surface area (Å²) in [5.74, 6) is 0.737. The van der Waals surface area contributed by atoms with Crippen LogP contribution in [0.5, 0.6) is 0 Å². The van der Waals surface area contributed by atoms with Crippen LogP contribution in [-0.4, -0.2) is 21.5 Å². The second-order valence-electron chi connectivity index (χ2n) is 4.54. The molecule has 0 fully saturated rings. The van der Waals surface area contributed by atoms with Crippen LogP contribution in [0, 0.1) is 0 Å². The third-order valence-corrected chi connectivity index (χ3v) is 3.36. The number of hydrogen-bond acceptors (Lipinski definition) is 4. The van der Waals surface area contributed by atoms with E-state index in [9.17, 15) is 0 Å². The topological polar surface area (TPSA) is 55.9 Å². The fourth-order valence-corrected chi connectivity index (χ4v) is 2.40. The second kappa shape index (κ2) is 6.11. The zero-order chi connectivity index (χ0) is 14.7. The Morgan fingerprint density at radius 3 is 2.71 bits per heavy atom. The highest BCUT2D eigenvalue weighted by Gasteiger charge is 2.22. The molecule has 0 spiro atoms. The summed E-state index contributed by atoms with van der Waals surface area (Å²) in [5, 5.41) is 11.9. The molecule has 1 atom stereocenters. The lowest BCUT2D eigenvalue weighted by atomic mass is 10.1. The lowest BCUT2D eigenvalue weighted by molar-refractivity contribution is 0.443. The zero-order valence-corrected chi connectivity index (χ0v) is 12.3. The van der Waals surface area contributed by atoms with Crippen LogP contribution in [0.4, 0.5) is 0 Å². The lowest BCUT2D eigenvalue weighted by Crippen LogP contribution is -2.24. The summed E-state index contributed by atoms with van der Waals surface area (Å²) in [4.78, 5) is 0. The second-order valence-corrected chi connectivity index (χ2v) is 4.91.